The molecule has 0 aromatic heterocycles. The molecule has 2 bridgehead atoms. The third-order valence-electron chi connectivity index (χ3n) is 4.06. The molecule has 0 aromatic carbocycles. The van der Waals surface area contributed by atoms with Gasteiger partial charge in [0.25, 0.3) is 0 Å². The van der Waals surface area contributed by atoms with E-state index >= 15 is 0 Å². The second-order valence-electron chi connectivity index (χ2n) is 5.89. The van der Waals surface area contributed by atoms with Gasteiger partial charge in [-0.05, 0) is 42.9 Å². The Bertz CT molecular complexity index is 291. The monoisotopic (exact) mass is 204 g/mol. The lowest BCUT2D eigenvalue weighted by molar-refractivity contribution is 0.500. The van der Waals surface area contributed by atoms with Crippen molar-refractivity contribution in [1.29, 1.82) is 0 Å². The van der Waals surface area contributed by atoms with Gasteiger partial charge in [-0.2, -0.15) is 0 Å². The van der Waals surface area contributed by atoms with Gasteiger partial charge in [0.1, 0.15) is 0 Å². The van der Waals surface area contributed by atoms with Crippen molar-refractivity contribution in [3.05, 3.63) is 23.3 Å². The molecule has 0 aliphatic heterocycles. The van der Waals surface area contributed by atoms with Crippen LogP contribution in [0.4, 0.5) is 0 Å². The van der Waals surface area contributed by atoms with E-state index < -0.39 is 0 Å². The first-order chi connectivity index (χ1) is 7.08. The third-order valence-corrected chi connectivity index (χ3v) is 4.06. The van der Waals surface area contributed by atoms with Crippen LogP contribution >= 0.6 is 0 Å². The molecule has 84 valence electrons. The molecule has 2 rings (SSSR count). The van der Waals surface area contributed by atoms with Crippen molar-refractivity contribution in [3.63, 3.8) is 0 Å². The van der Waals surface area contributed by atoms with E-state index in [0.29, 0.717) is 0 Å². The quantitative estimate of drug-likeness (QED) is 0.577. The average Bonchev–Trinajstić information content (AvgIpc) is 2.39. The molecular weight excluding hydrogens is 180 g/mol. The van der Waals surface area contributed by atoms with E-state index in [0.717, 1.165) is 23.7 Å². The summed E-state index contributed by atoms with van der Waals surface area (Å²) in [6.45, 7) is 9.35. The van der Waals surface area contributed by atoms with Crippen LogP contribution < -0.4 is 0 Å². The number of rotatable bonds is 2. The molecule has 0 nitrogen and oxygen atoms in total. The Morgan fingerprint density at radius 1 is 1.13 bits per heavy atom. The van der Waals surface area contributed by atoms with Gasteiger partial charge in [0.2, 0.25) is 0 Å². The Balaban J connectivity index is 2.13. The third kappa shape index (κ3) is 2.19. The lowest BCUT2D eigenvalue weighted by Crippen LogP contribution is -2.04. The number of hydrogen-bond donors (Lipinski definition) is 0. The SMILES string of the molecule is CC(C)C1=CC[C@@H]2C[C@@H](C=C2C(C)C)C1. The minimum absolute atomic E-state index is 0.750. The molecule has 0 radical (unpaired) electrons. The molecule has 0 amide bonds. The molecule has 0 heterocycles. The van der Waals surface area contributed by atoms with Gasteiger partial charge in [0.05, 0.1) is 0 Å². The maximum Gasteiger partial charge on any atom is -0.0160 e. The predicted molar refractivity (Wildman–Crippen MR) is 66.7 cm³/mol. The van der Waals surface area contributed by atoms with Gasteiger partial charge in [-0.15, -0.1) is 0 Å². The first-order valence-corrected chi connectivity index (χ1v) is 6.48. The van der Waals surface area contributed by atoms with Crippen molar-refractivity contribution in [3.8, 4) is 0 Å². The van der Waals surface area contributed by atoms with Crippen molar-refractivity contribution in [2.75, 3.05) is 0 Å². The van der Waals surface area contributed by atoms with Crippen molar-refractivity contribution in [1.82, 2.24) is 0 Å². The van der Waals surface area contributed by atoms with Crippen LogP contribution in [0.25, 0.3) is 0 Å². The normalized spacial score (nSPS) is 30.5. The number of fused-ring (bicyclic) bond motifs is 2. The van der Waals surface area contributed by atoms with Crippen LogP contribution in [0.15, 0.2) is 23.3 Å². The predicted octanol–water partition coefficient (Wildman–Crippen LogP) is 4.58. The molecule has 0 N–H and O–H groups in total. The Morgan fingerprint density at radius 3 is 2.47 bits per heavy atom. The summed E-state index contributed by atoms with van der Waals surface area (Å²) < 4.78 is 0. The topological polar surface area (TPSA) is 0 Å². The van der Waals surface area contributed by atoms with Gasteiger partial charge in [0, 0.05) is 0 Å². The molecule has 15 heavy (non-hydrogen) atoms. The van der Waals surface area contributed by atoms with Gasteiger partial charge in [-0.25, -0.2) is 0 Å². The van der Waals surface area contributed by atoms with Gasteiger partial charge in [0.15, 0.2) is 0 Å². The highest BCUT2D eigenvalue weighted by atomic mass is 14.3. The highest BCUT2D eigenvalue weighted by Crippen LogP contribution is 2.43. The fourth-order valence-corrected chi connectivity index (χ4v) is 3.17. The fourth-order valence-electron chi connectivity index (χ4n) is 3.17. The van der Waals surface area contributed by atoms with E-state index in [1.165, 1.54) is 19.3 Å². The fraction of sp³-hybridized carbons (Fsp3) is 0.733. The van der Waals surface area contributed by atoms with Crippen LogP contribution in [0.2, 0.25) is 0 Å². The van der Waals surface area contributed by atoms with Crippen LogP contribution in [-0.4, -0.2) is 0 Å². The zero-order valence-corrected chi connectivity index (χ0v) is 10.6. The largest absolute Gasteiger partial charge is 0.0845 e. The van der Waals surface area contributed by atoms with E-state index in [1.807, 2.05) is 0 Å². The summed E-state index contributed by atoms with van der Waals surface area (Å²) in [5.74, 6) is 3.23. The summed E-state index contributed by atoms with van der Waals surface area (Å²) in [6, 6.07) is 0. The molecule has 2 aliphatic rings. The molecule has 0 unspecified atom stereocenters. The van der Waals surface area contributed by atoms with E-state index in [9.17, 15) is 0 Å². The van der Waals surface area contributed by atoms with E-state index in [1.54, 1.807) is 11.1 Å². The van der Waals surface area contributed by atoms with Crippen LogP contribution in [0.1, 0.15) is 47.0 Å². The Labute approximate surface area is 94.5 Å². The van der Waals surface area contributed by atoms with Crippen LogP contribution in [0, 0.1) is 23.7 Å². The molecule has 0 fully saturated rings. The first-order valence-electron chi connectivity index (χ1n) is 6.48. The number of allylic oxidation sites excluding steroid dienone is 4. The molecule has 0 spiro atoms. The van der Waals surface area contributed by atoms with Crippen molar-refractivity contribution >= 4 is 0 Å². The van der Waals surface area contributed by atoms with E-state index in [-0.39, 0.29) is 0 Å². The van der Waals surface area contributed by atoms with Crippen molar-refractivity contribution in [2.45, 2.75) is 47.0 Å². The lowest BCUT2D eigenvalue weighted by Gasteiger charge is -2.17. The summed E-state index contributed by atoms with van der Waals surface area (Å²) in [4.78, 5) is 0. The number of hydrogen-bond acceptors (Lipinski definition) is 0. The highest BCUT2D eigenvalue weighted by Gasteiger charge is 2.30. The summed E-state index contributed by atoms with van der Waals surface area (Å²) in [7, 11) is 0. The standard InChI is InChI=1S/C15H24/c1-10(2)13-5-6-14-8-12(7-13)9-15(14)11(3)4/h5,9-12,14H,6-8H2,1-4H3/t12-,14+/m0/s1. The lowest BCUT2D eigenvalue weighted by atomic mass is 9.89. The maximum atomic E-state index is 2.59. The molecular formula is C15H24. The zero-order chi connectivity index (χ0) is 11.0. The van der Waals surface area contributed by atoms with Crippen LogP contribution in [0.5, 0.6) is 0 Å². The van der Waals surface area contributed by atoms with Gasteiger partial charge in [-0.3, -0.25) is 0 Å². The molecule has 0 aromatic rings. The molecule has 2 aliphatic carbocycles. The summed E-state index contributed by atoms with van der Waals surface area (Å²) in [6.07, 6.45) is 9.16. The van der Waals surface area contributed by atoms with Crippen molar-refractivity contribution in [2.24, 2.45) is 23.7 Å². The van der Waals surface area contributed by atoms with Crippen LogP contribution in [-0.2, 0) is 0 Å². The molecule has 2 atom stereocenters. The first kappa shape index (κ1) is 11.0. The van der Waals surface area contributed by atoms with Gasteiger partial charge in [-0.1, -0.05) is 51.0 Å². The summed E-state index contributed by atoms with van der Waals surface area (Å²) in [5, 5.41) is 0. The van der Waals surface area contributed by atoms with Gasteiger partial charge >= 0.3 is 0 Å². The smallest absolute Gasteiger partial charge is 0.0160 e. The molecule has 0 saturated carbocycles. The Morgan fingerprint density at radius 2 is 1.87 bits per heavy atom. The second-order valence-corrected chi connectivity index (χ2v) is 5.89. The Hall–Kier alpha value is -0.520. The average molecular weight is 204 g/mol. The zero-order valence-electron chi connectivity index (χ0n) is 10.6. The highest BCUT2D eigenvalue weighted by molar-refractivity contribution is 5.24. The molecule has 0 saturated heterocycles. The van der Waals surface area contributed by atoms with E-state index in [4.69, 9.17) is 0 Å². The maximum absolute atomic E-state index is 2.59. The molecule has 0 heteroatoms. The minimum atomic E-state index is 0.750. The van der Waals surface area contributed by atoms with Gasteiger partial charge < -0.3 is 0 Å². The van der Waals surface area contributed by atoms with Crippen LogP contribution in [0.3, 0.4) is 0 Å². The van der Waals surface area contributed by atoms with E-state index in [2.05, 4.69) is 39.8 Å². The minimum Gasteiger partial charge on any atom is -0.0845 e. The second kappa shape index (κ2) is 4.15. The summed E-state index contributed by atoms with van der Waals surface area (Å²) >= 11 is 0. The Kier molecular flexibility index (Phi) is 3.04. The summed E-state index contributed by atoms with van der Waals surface area (Å²) in [5.41, 5.74) is 3.43. The van der Waals surface area contributed by atoms with Crippen molar-refractivity contribution < 1.29 is 0 Å².